The lowest BCUT2D eigenvalue weighted by Crippen LogP contribution is -2.35. The molecule has 6 nitrogen and oxygen atoms in total. The van der Waals surface area contributed by atoms with E-state index in [1.807, 2.05) is 0 Å². The number of hydrogen-bond acceptors (Lipinski definition) is 4. The van der Waals surface area contributed by atoms with Gasteiger partial charge in [-0.05, 0) is 6.42 Å². The van der Waals surface area contributed by atoms with Crippen LogP contribution in [0.5, 0.6) is 0 Å². The molecule has 0 unspecified atom stereocenters. The number of amides is 1. The Labute approximate surface area is 106 Å². The third-order valence-corrected chi connectivity index (χ3v) is 2.28. The molecule has 1 N–H and O–H groups in total. The monoisotopic (exact) mass is 282 g/mol. The molecule has 1 amide bonds. The number of aliphatic carboxylic acids is 1. The number of rotatable bonds is 6. The summed E-state index contributed by atoms with van der Waals surface area (Å²) in [5, 5.41) is 13.3. The lowest BCUT2D eigenvalue weighted by atomic mass is 10.1. The predicted molar refractivity (Wildman–Crippen MR) is 57.5 cm³/mol. The number of ether oxygens (including phenoxy) is 1. The summed E-state index contributed by atoms with van der Waals surface area (Å²) in [6.45, 7) is -1.49. The Morgan fingerprint density at radius 2 is 2.11 bits per heavy atom. The van der Waals surface area contributed by atoms with Crippen molar-refractivity contribution in [3.05, 3.63) is 0 Å². The Morgan fingerprint density at radius 3 is 2.68 bits per heavy atom. The van der Waals surface area contributed by atoms with E-state index in [9.17, 15) is 22.8 Å². The Hall–Kier alpha value is -1.64. The number of carboxylic acids is 1. The van der Waals surface area contributed by atoms with Crippen LogP contribution in [0.3, 0.4) is 0 Å². The van der Waals surface area contributed by atoms with Crippen LogP contribution in [0.15, 0.2) is 5.10 Å². The number of alkyl halides is 3. The van der Waals surface area contributed by atoms with Crippen molar-refractivity contribution in [2.45, 2.75) is 25.4 Å². The van der Waals surface area contributed by atoms with Gasteiger partial charge in [-0.3, -0.25) is 4.79 Å². The fourth-order valence-electron chi connectivity index (χ4n) is 1.43. The van der Waals surface area contributed by atoms with Crippen molar-refractivity contribution >= 4 is 17.6 Å². The molecule has 1 aliphatic heterocycles. The Bertz CT molecular complexity index is 381. The van der Waals surface area contributed by atoms with Crippen LogP contribution >= 0.6 is 0 Å². The molecule has 0 fully saturated rings. The van der Waals surface area contributed by atoms with Crippen LogP contribution in [0.4, 0.5) is 13.2 Å². The molecular weight excluding hydrogens is 269 g/mol. The highest BCUT2D eigenvalue weighted by atomic mass is 19.4. The van der Waals surface area contributed by atoms with Gasteiger partial charge >= 0.3 is 12.1 Å². The van der Waals surface area contributed by atoms with Gasteiger partial charge in [-0.2, -0.15) is 18.3 Å². The number of hydrazone groups is 1. The molecule has 0 saturated heterocycles. The minimum atomic E-state index is -4.38. The van der Waals surface area contributed by atoms with Gasteiger partial charge in [-0.15, -0.1) is 0 Å². The van der Waals surface area contributed by atoms with Gasteiger partial charge in [0.1, 0.15) is 12.3 Å². The Kier molecular flexibility index (Phi) is 5.28. The fourth-order valence-corrected chi connectivity index (χ4v) is 1.43. The normalized spacial score (nSPS) is 16.5. The zero-order valence-electron chi connectivity index (χ0n) is 9.94. The van der Waals surface area contributed by atoms with Crippen LogP contribution < -0.4 is 0 Å². The maximum absolute atomic E-state index is 11.8. The van der Waals surface area contributed by atoms with Gasteiger partial charge in [0, 0.05) is 26.0 Å². The largest absolute Gasteiger partial charge is 0.477 e. The molecule has 9 heteroatoms. The summed E-state index contributed by atoms with van der Waals surface area (Å²) in [5.41, 5.74) is -0.129. The molecule has 1 heterocycles. The summed E-state index contributed by atoms with van der Waals surface area (Å²) in [6, 6.07) is 0. The highest BCUT2D eigenvalue weighted by Crippen LogP contribution is 2.14. The van der Waals surface area contributed by atoms with E-state index < -0.39 is 18.8 Å². The highest BCUT2D eigenvalue weighted by Gasteiger charge is 2.27. The van der Waals surface area contributed by atoms with Crippen LogP contribution in [-0.4, -0.2) is 53.6 Å². The second-order valence-electron chi connectivity index (χ2n) is 3.89. The molecule has 1 aliphatic rings. The van der Waals surface area contributed by atoms with Crippen molar-refractivity contribution in [2.24, 2.45) is 5.10 Å². The van der Waals surface area contributed by atoms with Crippen molar-refractivity contribution in [3.8, 4) is 0 Å². The zero-order chi connectivity index (χ0) is 14.5. The number of carbonyl (C=O) groups excluding carboxylic acids is 1. The van der Waals surface area contributed by atoms with Crippen molar-refractivity contribution < 1.29 is 32.6 Å². The third kappa shape index (κ3) is 5.69. The molecule has 0 bridgehead atoms. The molecule has 0 aromatic rings. The van der Waals surface area contributed by atoms with E-state index in [1.54, 1.807) is 0 Å². The number of carboxylic acid groups (broad SMARTS) is 1. The second-order valence-corrected chi connectivity index (χ2v) is 3.89. The molecule has 0 aliphatic carbocycles. The van der Waals surface area contributed by atoms with E-state index in [4.69, 9.17) is 5.11 Å². The van der Waals surface area contributed by atoms with Crippen molar-refractivity contribution in [3.63, 3.8) is 0 Å². The molecule has 1 rings (SSSR count). The van der Waals surface area contributed by atoms with E-state index in [2.05, 4.69) is 9.84 Å². The number of nitrogens with zero attached hydrogens (tertiary/aromatic N) is 2. The average Bonchev–Trinajstić information content (AvgIpc) is 2.29. The summed E-state index contributed by atoms with van der Waals surface area (Å²) in [6.07, 6.45) is -4.13. The standard InChI is InChI=1S/C10H13F3N2O4/c11-10(12,13)6-19-5-1-4-15-8(16)3-2-7(14-15)9(17)18/h1-6H2,(H,17,18). The minimum absolute atomic E-state index is 0.0352. The maximum Gasteiger partial charge on any atom is 0.411 e. The molecule has 0 saturated carbocycles. The van der Waals surface area contributed by atoms with Crippen molar-refractivity contribution in [2.75, 3.05) is 19.8 Å². The van der Waals surface area contributed by atoms with E-state index >= 15 is 0 Å². The summed E-state index contributed by atoms with van der Waals surface area (Å²) in [7, 11) is 0. The summed E-state index contributed by atoms with van der Waals surface area (Å²) in [4.78, 5) is 22.1. The SMILES string of the molecule is O=C(O)C1=NN(CCCOCC(F)(F)F)C(=O)CC1. The van der Waals surface area contributed by atoms with Gasteiger partial charge in [0.2, 0.25) is 5.91 Å². The maximum atomic E-state index is 11.8. The molecule has 108 valence electrons. The summed E-state index contributed by atoms with van der Waals surface area (Å²) in [5.74, 6) is -1.55. The molecular formula is C10H13F3N2O4. The third-order valence-electron chi connectivity index (χ3n) is 2.28. The summed E-state index contributed by atoms with van der Waals surface area (Å²) < 4.78 is 39.7. The number of carbonyl (C=O) groups is 2. The Balaban J connectivity index is 2.33. The predicted octanol–water partition coefficient (Wildman–Crippen LogP) is 1.02. The van der Waals surface area contributed by atoms with Crippen molar-refractivity contribution in [1.82, 2.24) is 5.01 Å². The quantitative estimate of drug-likeness (QED) is 0.738. The lowest BCUT2D eigenvalue weighted by Gasteiger charge is -2.22. The van der Waals surface area contributed by atoms with E-state index in [1.165, 1.54) is 0 Å². The molecule has 0 atom stereocenters. The molecule has 0 aromatic heterocycles. The first kappa shape index (κ1) is 15.4. The average molecular weight is 282 g/mol. The second kappa shape index (κ2) is 6.50. The van der Waals surface area contributed by atoms with E-state index in [0.717, 1.165) is 5.01 Å². The van der Waals surface area contributed by atoms with Crippen LogP contribution in [0.1, 0.15) is 19.3 Å². The first-order chi connectivity index (χ1) is 8.79. The first-order valence-corrected chi connectivity index (χ1v) is 5.55. The molecule has 0 radical (unpaired) electrons. The van der Waals surface area contributed by atoms with E-state index in [0.29, 0.717) is 0 Å². The van der Waals surface area contributed by atoms with Gasteiger partial charge in [0.15, 0.2) is 0 Å². The van der Waals surface area contributed by atoms with Gasteiger partial charge < -0.3 is 9.84 Å². The zero-order valence-corrected chi connectivity index (χ0v) is 9.94. The van der Waals surface area contributed by atoms with Crippen LogP contribution in [0.2, 0.25) is 0 Å². The number of hydrogen-bond donors (Lipinski definition) is 1. The minimum Gasteiger partial charge on any atom is -0.477 e. The smallest absolute Gasteiger partial charge is 0.411 e. The van der Waals surface area contributed by atoms with Gasteiger partial charge in [-0.1, -0.05) is 0 Å². The van der Waals surface area contributed by atoms with Gasteiger partial charge in [0.05, 0.1) is 0 Å². The van der Waals surface area contributed by atoms with Crippen LogP contribution in [0.25, 0.3) is 0 Å². The van der Waals surface area contributed by atoms with Gasteiger partial charge in [-0.25, -0.2) is 9.80 Å². The van der Waals surface area contributed by atoms with Crippen LogP contribution in [0, 0.1) is 0 Å². The number of halogens is 3. The van der Waals surface area contributed by atoms with Gasteiger partial charge in [0.25, 0.3) is 0 Å². The lowest BCUT2D eigenvalue weighted by molar-refractivity contribution is -0.174. The molecule has 19 heavy (non-hydrogen) atoms. The first-order valence-electron chi connectivity index (χ1n) is 5.55. The van der Waals surface area contributed by atoms with Crippen LogP contribution in [-0.2, 0) is 14.3 Å². The van der Waals surface area contributed by atoms with E-state index in [-0.39, 0.29) is 44.0 Å². The molecule has 0 aromatic carbocycles. The van der Waals surface area contributed by atoms with Crippen molar-refractivity contribution in [1.29, 1.82) is 0 Å². The fraction of sp³-hybridized carbons (Fsp3) is 0.700. The molecule has 0 spiro atoms. The summed E-state index contributed by atoms with van der Waals surface area (Å²) >= 11 is 0. The highest BCUT2D eigenvalue weighted by molar-refractivity contribution is 6.36. The topological polar surface area (TPSA) is 79.2 Å². The Morgan fingerprint density at radius 1 is 1.42 bits per heavy atom.